The van der Waals surface area contributed by atoms with Gasteiger partial charge in [0.2, 0.25) is 5.91 Å². The molecule has 1 aliphatic rings. The molecule has 0 aromatic heterocycles. The predicted octanol–water partition coefficient (Wildman–Crippen LogP) is 0.830. The van der Waals surface area contributed by atoms with Gasteiger partial charge in [-0.25, -0.2) is 0 Å². The Morgan fingerprint density at radius 2 is 2.37 bits per heavy atom. The Hall–Kier alpha value is -1.99. The summed E-state index contributed by atoms with van der Waals surface area (Å²) in [5.74, 6) is -0.326. The lowest BCUT2D eigenvalue weighted by Crippen LogP contribution is -2.48. The molecule has 1 amide bonds. The molecule has 1 aromatic carbocycles. The van der Waals surface area contributed by atoms with Gasteiger partial charge in [-0.15, -0.1) is 0 Å². The summed E-state index contributed by atoms with van der Waals surface area (Å²) in [7, 11) is 0. The SMILES string of the molecule is Cc1ccc([N+](=O)[O-])c(NC(=O)C2COCCN2)c1. The van der Waals surface area contributed by atoms with Crippen molar-refractivity contribution in [2.24, 2.45) is 0 Å². The van der Waals surface area contributed by atoms with Crippen molar-refractivity contribution in [1.82, 2.24) is 5.32 Å². The van der Waals surface area contributed by atoms with Crippen LogP contribution in [0.5, 0.6) is 0 Å². The monoisotopic (exact) mass is 265 g/mol. The van der Waals surface area contributed by atoms with Crippen LogP contribution in [-0.4, -0.2) is 36.6 Å². The van der Waals surface area contributed by atoms with Crippen LogP contribution in [0.4, 0.5) is 11.4 Å². The molecule has 1 fully saturated rings. The Bertz CT molecular complexity index is 498. The number of carbonyl (C=O) groups excluding carboxylic acids is 1. The zero-order valence-corrected chi connectivity index (χ0v) is 10.5. The molecule has 0 aliphatic carbocycles. The molecule has 0 radical (unpaired) electrons. The highest BCUT2D eigenvalue weighted by molar-refractivity contribution is 5.97. The molecule has 7 heteroatoms. The Labute approximate surface area is 110 Å². The van der Waals surface area contributed by atoms with Gasteiger partial charge in [-0.05, 0) is 18.6 Å². The van der Waals surface area contributed by atoms with Gasteiger partial charge in [0.1, 0.15) is 11.7 Å². The van der Waals surface area contributed by atoms with E-state index in [0.29, 0.717) is 13.2 Å². The molecule has 1 unspecified atom stereocenters. The minimum atomic E-state index is -0.514. The summed E-state index contributed by atoms with van der Waals surface area (Å²) in [5.41, 5.74) is 0.937. The van der Waals surface area contributed by atoms with E-state index < -0.39 is 11.0 Å². The van der Waals surface area contributed by atoms with Gasteiger partial charge >= 0.3 is 0 Å². The molecule has 1 saturated heterocycles. The lowest BCUT2D eigenvalue weighted by molar-refractivity contribution is -0.383. The van der Waals surface area contributed by atoms with Crippen LogP contribution in [0, 0.1) is 17.0 Å². The molecule has 1 aliphatic heterocycles. The van der Waals surface area contributed by atoms with E-state index in [0.717, 1.165) is 5.56 Å². The van der Waals surface area contributed by atoms with Gasteiger partial charge in [-0.1, -0.05) is 6.07 Å². The Morgan fingerprint density at radius 1 is 1.58 bits per heavy atom. The highest BCUT2D eigenvalue weighted by Crippen LogP contribution is 2.25. The second-order valence-electron chi connectivity index (χ2n) is 4.35. The van der Waals surface area contributed by atoms with Gasteiger partial charge in [-0.3, -0.25) is 14.9 Å². The van der Waals surface area contributed by atoms with E-state index in [2.05, 4.69) is 10.6 Å². The summed E-state index contributed by atoms with van der Waals surface area (Å²) >= 11 is 0. The minimum absolute atomic E-state index is 0.115. The van der Waals surface area contributed by atoms with Crippen LogP contribution in [0.1, 0.15) is 5.56 Å². The van der Waals surface area contributed by atoms with Crippen molar-refractivity contribution in [1.29, 1.82) is 0 Å². The Balaban J connectivity index is 2.15. The average molecular weight is 265 g/mol. The number of carbonyl (C=O) groups is 1. The van der Waals surface area contributed by atoms with Gasteiger partial charge in [0.25, 0.3) is 5.69 Å². The van der Waals surface area contributed by atoms with Crippen molar-refractivity contribution in [3.8, 4) is 0 Å². The van der Waals surface area contributed by atoms with E-state index in [4.69, 9.17) is 4.74 Å². The van der Waals surface area contributed by atoms with E-state index in [1.54, 1.807) is 19.1 Å². The lowest BCUT2D eigenvalue weighted by Gasteiger charge is -2.22. The fraction of sp³-hybridized carbons (Fsp3) is 0.417. The van der Waals surface area contributed by atoms with E-state index in [9.17, 15) is 14.9 Å². The molecule has 0 bridgehead atoms. The van der Waals surface area contributed by atoms with Crippen molar-refractivity contribution < 1.29 is 14.5 Å². The highest BCUT2D eigenvalue weighted by atomic mass is 16.6. The van der Waals surface area contributed by atoms with E-state index in [-0.39, 0.29) is 23.9 Å². The van der Waals surface area contributed by atoms with Gasteiger partial charge in [0.15, 0.2) is 0 Å². The third kappa shape index (κ3) is 3.27. The summed E-state index contributed by atoms with van der Waals surface area (Å²) in [6, 6.07) is 4.12. The summed E-state index contributed by atoms with van der Waals surface area (Å²) in [6.45, 7) is 3.23. The number of hydrogen-bond acceptors (Lipinski definition) is 5. The number of morpholine rings is 1. The molecule has 1 atom stereocenters. The van der Waals surface area contributed by atoms with Crippen molar-refractivity contribution in [2.45, 2.75) is 13.0 Å². The number of nitrogens with zero attached hydrogens (tertiary/aromatic N) is 1. The molecule has 0 spiro atoms. The number of benzene rings is 1. The third-order valence-corrected chi connectivity index (χ3v) is 2.84. The zero-order valence-electron chi connectivity index (χ0n) is 10.5. The largest absolute Gasteiger partial charge is 0.378 e. The predicted molar refractivity (Wildman–Crippen MR) is 69.1 cm³/mol. The number of ether oxygens (including phenoxy) is 1. The molecule has 7 nitrogen and oxygen atoms in total. The number of nitro groups is 1. The number of nitrogens with one attached hydrogen (secondary N) is 2. The van der Waals surface area contributed by atoms with Crippen LogP contribution in [0.2, 0.25) is 0 Å². The van der Waals surface area contributed by atoms with Crippen LogP contribution >= 0.6 is 0 Å². The van der Waals surface area contributed by atoms with E-state index >= 15 is 0 Å². The quantitative estimate of drug-likeness (QED) is 0.623. The van der Waals surface area contributed by atoms with E-state index in [1.807, 2.05) is 0 Å². The van der Waals surface area contributed by atoms with Crippen LogP contribution in [-0.2, 0) is 9.53 Å². The molecular weight excluding hydrogens is 250 g/mol. The maximum atomic E-state index is 12.0. The van der Waals surface area contributed by atoms with Crippen LogP contribution in [0.15, 0.2) is 18.2 Å². The summed E-state index contributed by atoms with van der Waals surface area (Å²) in [4.78, 5) is 22.4. The molecule has 2 N–H and O–H groups in total. The molecule has 1 heterocycles. The average Bonchev–Trinajstić information content (AvgIpc) is 2.39. The number of rotatable bonds is 3. The first kappa shape index (κ1) is 13.4. The molecule has 19 heavy (non-hydrogen) atoms. The smallest absolute Gasteiger partial charge is 0.292 e. The highest BCUT2D eigenvalue weighted by Gasteiger charge is 2.23. The maximum Gasteiger partial charge on any atom is 0.292 e. The molecule has 0 saturated carbocycles. The Kier molecular flexibility index (Phi) is 4.08. The molecule has 102 valence electrons. The summed E-state index contributed by atoms with van der Waals surface area (Å²) in [5, 5.41) is 16.5. The van der Waals surface area contributed by atoms with Crippen LogP contribution < -0.4 is 10.6 Å². The van der Waals surface area contributed by atoms with Crippen LogP contribution in [0.3, 0.4) is 0 Å². The molecular formula is C12H15N3O4. The summed E-state index contributed by atoms with van der Waals surface area (Å²) in [6.07, 6.45) is 0. The normalized spacial score (nSPS) is 18.9. The van der Waals surface area contributed by atoms with Crippen LogP contribution in [0.25, 0.3) is 0 Å². The van der Waals surface area contributed by atoms with Crippen molar-refractivity contribution >= 4 is 17.3 Å². The maximum absolute atomic E-state index is 12.0. The first-order valence-electron chi connectivity index (χ1n) is 5.95. The summed E-state index contributed by atoms with van der Waals surface area (Å²) < 4.78 is 5.19. The minimum Gasteiger partial charge on any atom is -0.378 e. The molecule has 1 aromatic rings. The third-order valence-electron chi connectivity index (χ3n) is 2.84. The van der Waals surface area contributed by atoms with Gasteiger partial charge in [-0.2, -0.15) is 0 Å². The second-order valence-corrected chi connectivity index (χ2v) is 4.35. The number of nitro benzene ring substituents is 1. The Morgan fingerprint density at radius 3 is 3.00 bits per heavy atom. The second kappa shape index (κ2) is 5.77. The topological polar surface area (TPSA) is 93.5 Å². The molecule has 2 rings (SSSR count). The number of aryl methyl sites for hydroxylation is 1. The van der Waals surface area contributed by atoms with Crippen molar-refractivity contribution in [2.75, 3.05) is 25.1 Å². The van der Waals surface area contributed by atoms with Gasteiger partial charge < -0.3 is 15.4 Å². The first-order valence-corrected chi connectivity index (χ1v) is 5.95. The van der Waals surface area contributed by atoms with E-state index in [1.165, 1.54) is 6.07 Å². The fourth-order valence-electron chi connectivity index (χ4n) is 1.86. The van der Waals surface area contributed by atoms with Gasteiger partial charge in [0, 0.05) is 12.6 Å². The lowest BCUT2D eigenvalue weighted by atomic mass is 10.1. The number of anilines is 1. The number of hydrogen-bond donors (Lipinski definition) is 2. The number of amides is 1. The standard InChI is InChI=1S/C12H15N3O4/c1-8-2-3-11(15(17)18)9(6-8)14-12(16)10-7-19-5-4-13-10/h2-3,6,10,13H,4-5,7H2,1H3,(H,14,16). The first-order chi connectivity index (χ1) is 9.08. The fourth-order valence-corrected chi connectivity index (χ4v) is 1.86. The van der Waals surface area contributed by atoms with Gasteiger partial charge in [0.05, 0.1) is 18.1 Å². The van der Waals surface area contributed by atoms with Crippen molar-refractivity contribution in [3.05, 3.63) is 33.9 Å². The van der Waals surface area contributed by atoms with Crippen molar-refractivity contribution in [3.63, 3.8) is 0 Å². The zero-order chi connectivity index (χ0) is 13.8.